The molecule has 0 N–H and O–H groups in total. The van der Waals surface area contributed by atoms with Gasteiger partial charge in [-0.3, -0.25) is 0 Å². The van der Waals surface area contributed by atoms with E-state index in [1.54, 1.807) is 0 Å². The topological polar surface area (TPSA) is 6.48 Å². The number of fused-ring (bicyclic) bond motifs is 7. The molecular weight excluding hydrogens is 737 g/mol. The lowest BCUT2D eigenvalue weighted by Crippen LogP contribution is -2.16. The highest BCUT2D eigenvalue weighted by Crippen LogP contribution is 2.51. The van der Waals surface area contributed by atoms with Gasteiger partial charge in [0, 0.05) is 39.2 Å². The van der Waals surface area contributed by atoms with E-state index in [1.165, 1.54) is 60.3 Å². The summed E-state index contributed by atoms with van der Waals surface area (Å²) in [6, 6.07) is 79.5. The second-order valence-electron chi connectivity index (χ2n) is 16.6. The number of hydrogen-bond acceptors (Lipinski definition) is 2. The van der Waals surface area contributed by atoms with Crippen LogP contribution in [0.15, 0.2) is 218 Å². The minimum atomic E-state index is -0.109. The van der Waals surface area contributed by atoms with Crippen LogP contribution < -0.4 is 9.80 Å². The standard InChI is InChI=1S/C59H44N2/c1-59(2)56-23-13-12-21-53(56)54-37-36-50(40-57(54)59)61(58-39-45-16-8-9-19-51(45)52-20-10-11-22-55(52)58)48-33-28-42(29-34-48)25-24-41-26-31-47(32-27-41)60(46-17-4-3-5-18-46)49-35-30-43-14-6-7-15-44(43)38-49/h3-40H,1-2H3. The number of nitrogens with zero attached hydrogens (tertiary/aromatic N) is 2. The fraction of sp³-hybridized carbons (Fsp3) is 0.0508. The smallest absolute Gasteiger partial charge is 0.0546 e. The molecule has 0 bridgehead atoms. The number of rotatable bonds is 8. The van der Waals surface area contributed by atoms with Crippen molar-refractivity contribution in [1.82, 2.24) is 0 Å². The van der Waals surface area contributed by atoms with Crippen molar-refractivity contribution < 1.29 is 0 Å². The lowest BCUT2D eigenvalue weighted by molar-refractivity contribution is 0.660. The van der Waals surface area contributed by atoms with Crippen molar-refractivity contribution in [2.24, 2.45) is 0 Å². The van der Waals surface area contributed by atoms with Crippen molar-refractivity contribution in [3.05, 3.63) is 241 Å². The molecule has 1 aliphatic carbocycles. The average molecular weight is 781 g/mol. The molecule has 0 unspecified atom stereocenters. The largest absolute Gasteiger partial charge is 0.310 e. The predicted molar refractivity (Wildman–Crippen MR) is 261 cm³/mol. The summed E-state index contributed by atoms with van der Waals surface area (Å²) in [5.74, 6) is 0. The van der Waals surface area contributed by atoms with Gasteiger partial charge in [-0.1, -0.05) is 178 Å². The molecule has 290 valence electrons. The van der Waals surface area contributed by atoms with Crippen LogP contribution in [-0.2, 0) is 5.41 Å². The second-order valence-corrected chi connectivity index (χ2v) is 16.6. The fourth-order valence-corrected chi connectivity index (χ4v) is 9.48. The van der Waals surface area contributed by atoms with Gasteiger partial charge in [-0.25, -0.2) is 0 Å². The van der Waals surface area contributed by atoms with Crippen molar-refractivity contribution >= 4 is 78.6 Å². The number of para-hydroxylation sites is 1. The maximum atomic E-state index is 2.45. The summed E-state index contributed by atoms with van der Waals surface area (Å²) in [5.41, 5.74) is 14.4. The van der Waals surface area contributed by atoms with Gasteiger partial charge in [0.15, 0.2) is 0 Å². The molecule has 10 aromatic carbocycles. The fourth-order valence-electron chi connectivity index (χ4n) is 9.48. The van der Waals surface area contributed by atoms with E-state index in [0.29, 0.717) is 0 Å². The van der Waals surface area contributed by atoms with Crippen molar-refractivity contribution in [3.8, 4) is 11.1 Å². The average Bonchev–Trinajstić information content (AvgIpc) is 3.55. The van der Waals surface area contributed by atoms with E-state index >= 15 is 0 Å². The Morgan fingerprint density at radius 1 is 0.328 bits per heavy atom. The Morgan fingerprint density at radius 3 is 1.57 bits per heavy atom. The first-order valence-electron chi connectivity index (χ1n) is 21.2. The summed E-state index contributed by atoms with van der Waals surface area (Å²) in [6.45, 7) is 4.71. The third-order valence-electron chi connectivity index (χ3n) is 12.6. The van der Waals surface area contributed by atoms with Gasteiger partial charge in [0.05, 0.1) is 5.69 Å². The van der Waals surface area contributed by atoms with Gasteiger partial charge in [0.2, 0.25) is 0 Å². The van der Waals surface area contributed by atoms with Crippen molar-refractivity contribution in [1.29, 1.82) is 0 Å². The molecule has 0 spiro atoms. The molecule has 0 amide bonds. The van der Waals surface area contributed by atoms with Gasteiger partial charge in [-0.2, -0.15) is 0 Å². The maximum absolute atomic E-state index is 2.45. The van der Waals surface area contributed by atoms with Gasteiger partial charge in [-0.15, -0.1) is 0 Å². The molecule has 0 aliphatic heterocycles. The van der Waals surface area contributed by atoms with E-state index in [2.05, 4.69) is 254 Å². The zero-order chi connectivity index (χ0) is 40.9. The van der Waals surface area contributed by atoms with Gasteiger partial charge < -0.3 is 9.80 Å². The zero-order valence-corrected chi connectivity index (χ0v) is 34.3. The Bertz CT molecular complexity index is 3270. The molecule has 61 heavy (non-hydrogen) atoms. The first-order valence-corrected chi connectivity index (χ1v) is 21.2. The molecule has 11 rings (SSSR count). The quantitative estimate of drug-likeness (QED) is 0.112. The molecular formula is C59H44N2. The molecule has 2 nitrogen and oxygen atoms in total. The monoisotopic (exact) mass is 780 g/mol. The number of hydrogen-bond donors (Lipinski definition) is 0. The highest BCUT2D eigenvalue weighted by atomic mass is 15.1. The highest BCUT2D eigenvalue weighted by molar-refractivity contribution is 6.14. The van der Waals surface area contributed by atoms with Gasteiger partial charge >= 0.3 is 0 Å². The zero-order valence-electron chi connectivity index (χ0n) is 34.3. The molecule has 0 fully saturated rings. The third kappa shape index (κ3) is 6.45. The third-order valence-corrected chi connectivity index (χ3v) is 12.6. The Balaban J connectivity index is 0.945. The summed E-state index contributed by atoms with van der Waals surface area (Å²) >= 11 is 0. The van der Waals surface area contributed by atoms with Gasteiger partial charge in [0.25, 0.3) is 0 Å². The van der Waals surface area contributed by atoms with E-state index in [-0.39, 0.29) is 5.41 Å². The lowest BCUT2D eigenvalue weighted by atomic mass is 9.82. The minimum Gasteiger partial charge on any atom is -0.310 e. The molecule has 0 saturated carbocycles. The molecule has 0 aromatic heterocycles. The number of anilines is 6. The van der Waals surface area contributed by atoms with Crippen LogP contribution in [0.1, 0.15) is 36.1 Å². The van der Waals surface area contributed by atoms with Gasteiger partial charge in [-0.05, 0) is 127 Å². The highest BCUT2D eigenvalue weighted by Gasteiger charge is 2.36. The molecule has 10 aromatic rings. The Labute approximate surface area is 357 Å². The van der Waals surface area contributed by atoms with Crippen LogP contribution in [0.3, 0.4) is 0 Å². The summed E-state index contributed by atoms with van der Waals surface area (Å²) in [6.07, 6.45) is 4.42. The van der Waals surface area contributed by atoms with Crippen molar-refractivity contribution in [2.75, 3.05) is 9.80 Å². The Morgan fingerprint density at radius 2 is 0.836 bits per heavy atom. The second kappa shape index (κ2) is 14.9. The molecule has 2 heteroatoms. The molecule has 1 aliphatic rings. The van der Waals surface area contributed by atoms with E-state index in [4.69, 9.17) is 0 Å². The molecule has 0 radical (unpaired) electrons. The maximum Gasteiger partial charge on any atom is 0.0546 e. The van der Waals surface area contributed by atoms with E-state index in [1.807, 2.05) is 0 Å². The lowest BCUT2D eigenvalue weighted by Gasteiger charge is -2.29. The van der Waals surface area contributed by atoms with Crippen LogP contribution in [0.25, 0.3) is 55.6 Å². The molecule has 0 heterocycles. The van der Waals surface area contributed by atoms with Crippen LogP contribution in [0, 0.1) is 0 Å². The summed E-state index contributed by atoms with van der Waals surface area (Å²) in [7, 11) is 0. The summed E-state index contributed by atoms with van der Waals surface area (Å²) < 4.78 is 0. The van der Waals surface area contributed by atoms with Crippen LogP contribution in [0.5, 0.6) is 0 Å². The molecule has 0 atom stereocenters. The van der Waals surface area contributed by atoms with Crippen LogP contribution >= 0.6 is 0 Å². The van der Waals surface area contributed by atoms with E-state index < -0.39 is 0 Å². The molecule has 0 saturated heterocycles. The SMILES string of the molecule is CC1(C)c2ccccc2-c2ccc(N(c3ccc(C=Cc4ccc(N(c5ccccc5)c5ccc6ccccc6c5)cc4)cc3)c3cc4ccccc4c4ccccc34)cc21. The predicted octanol–water partition coefficient (Wildman–Crippen LogP) is 16.6. The number of benzene rings is 10. The van der Waals surface area contributed by atoms with Gasteiger partial charge in [0.1, 0.15) is 0 Å². The van der Waals surface area contributed by atoms with Crippen molar-refractivity contribution in [2.45, 2.75) is 19.3 Å². The van der Waals surface area contributed by atoms with E-state index in [0.717, 1.165) is 39.6 Å². The van der Waals surface area contributed by atoms with Crippen LogP contribution in [-0.4, -0.2) is 0 Å². The van der Waals surface area contributed by atoms with Crippen molar-refractivity contribution in [3.63, 3.8) is 0 Å². The van der Waals surface area contributed by atoms with Crippen LogP contribution in [0.4, 0.5) is 34.1 Å². The van der Waals surface area contributed by atoms with Crippen LogP contribution in [0.2, 0.25) is 0 Å². The Kier molecular flexibility index (Phi) is 8.86. The first kappa shape index (κ1) is 36.4. The minimum absolute atomic E-state index is 0.109. The Hall–Kier alpha value is -7.68. The summed E-state index contributed by atoms with van der Waals surface area (Å²) in [4.78, 5) is 4.78. The normalized spacial score (nSPS) is 12.8. The summed E-state index contributed by atoms with van der Waals surface area (Å²) in [5, 5.41) is 7.43. The first-order chi connectivity index (χ1) is 30.0. The van der Waals surface area contributed by atoms with E-state index in [9.17, 15) is 0 Å².